The molecule has 0 amide bonds. The molecule has 112 valence electrons. The van der Waals surface area contributed by atoms with E-state index in [0.717, 1.165) is 19.6 Å². The van der Waals surface area contributed by atoms with Gasteiger partial charge in [0.2, 0.25) is 0 Å². The molecule has 1 rings (SSSR count). The van der Waals surface area contributed by atoms with E-state index in [4.69, 9.17) is 0 Å². The summed E-state index contributed by atoms with van der Waals surface area (Å²) in [5.74, 6) is 0. The molecule has 0 atom stereocenters. The Kier molecular flexibility index (Phi) is 11.1. The van der Waals surface area contributed by atoms with E-state index in [1.165, 1.54) is 64.7 Å². The number of nitrogens with zero attached hydrogens (tertiary/aromatic N) is 1. The van der Waals surface area contributed by atoms with Gasteiger partial charge in [-0.2, -0.15) is 0 Å². The number of unbranched alkanes of at least 4 members (excludes halogenated alkanes) is 1. The van der Waals surface area contributed by atoms with Gasteiger partial charge < -0.3 is 15.5 Å². The zero-order valence-corrected chi connectivity index (χ0v) is 12.8. The van der Waals surface area contributed by atoms with Crippen molar-refractivity contribution in [3.63, 3.8) is 0 Å². The molecule has 0 unspecified atom stereocenters. The van der Waals surface area contributed by atoms with Gasteiger partial charge in [0.05, 0.1) is 0 Å². The average molecular weight is 267 g/mol. The fourth-order valence-corrected chi connectivity index (χ4v) is 2.41. The number of allylic oxidation sites excluding steroid dienone is 1. The molecule has 0 fully saturated rings. The van der Waals surface area contributed by atoms with Gasteiger partial charge in [0.25, 0.3) is 0 Å². The Balaban J connectivity index is 2.16. The molecule has 0 aromatic carbocycles. The largest absolute Gasteiger partial charge is 0.316 e. The summed E-state index contributed by atoms with van der Waals surface area (Å²) in [4.78, 5) is 2.62. The van der Waals surface area contributed by atoms with Crippen LogP contribution in [0.5, 0.6) is 0 Å². The van der Waals surface area contributed by atoms with Crippen molar-refractivity contribution in [3.05, 3.63) is 12.2 Å². The average Bonchev–Trinajstić information content (AvgIpc) is 2.41. The molecule has 1 aliphatic rings. The molecule has 0 radical (unpaired) electrons. The summed E-state index contributed by atoms with van der Waals surface area (Å²) in [5, 5.41) is 7.06. The van der Waals surface area contributed by atoms with E-state index in [-0.39, 0.29) is 0 Å². The highest BCUT2D eigenvalue weighted by Crippen LogP contribution is 2.00. The van der Waals surface area contributed by atoms with Crippen LogP contribution in [0.15, 0.2) is 12.2 Å². The van der Waals surface area contributed by atoms with Gasteiger partial charge >= 0.3 is 0 Å². The van der Waals surface area contributed by atoms with Crippen LogP contribution >= 0.6 is 0 Å². The van der Waals surface area contributed by atoms with Crippen LogP contribution in [0.25, 0.3) is 0 Å². The third kappa shape index (κ3) is 10.1. The van der Waals surface area contributed by atoms with Crippen LogP contribution in [0.2, 0.25) is 0 Å². The second-order valence-corrected chi connectivity index (χ2v) is 5.45. The minimum absolute atomic E-state index is 1.13. The quantitative estimate of drug-likeness (QED) is 0.571. The number of hydrogen-bond donors (Lipinski definition) is 2. The van der Waals surface area contributed by atoms with Gasteiger partial charge in [0.1, 0.15) is 0 Å². The summed E-state index contributed by atoms with van der Waals surface area (Å²) in [6.07, 6.45) is 12.3. The third-order valence-electron chi connectivity index (χ3n) is 3.64. The second-order valence-electron chi connectivity index (χ2n) is 5.45. The maximum absolute atomic E-state index is 3.55. The highest BCUT2D eigenvalue weighted by Gasteiger charge is 2.04. The predicted octanol–water partition coefficient (Wildman–Crippen LogP) is 2.40. The van der Waals surface area contributed by atoms with Crippen LogP contribution in [-0.2, 0) is 0 Å². The van der Waals surface area contributed by atoms with Crippen molar-refractivity contribution in [1.82, 2.24) is 15.5 Å². The molecule has 2 N–H and O–H groups in total. The first-order valence-corrected chi connectivity index (χ1v) is 8.22. The molecule has 1 aliphatic heterocycles. The van der Waals surface area contributed by atoms with Gasteiger partial charge in [-0.1, -0.05) is 25.5 Å². The lowest BCUT2D eigenvalue weighted by molar-refractivity contribution is 0.265. The zero-order chi connectivity index (χ0) is 13.6. The molecule has 3 nitrogen and oxygen atoms in total. The van der Waals surface area contributed by atoms with Crippen LogP contribution < -0.4 is 10.6 Å². The number of nitrogens with one attached hydrogen (secondary N) is 2. The lowest BCUT2D eigenvalue weighted by Crippen LogP contribution is -2.35. The normalized spacial score (nSPS) is 21.5. The van der Waals surface area contributed by atoms with Gasteiger partial charge in [-0.25, -0.2) is 0 Å². The predicted molar refractivity (Wildman–Crippen MR) is 84.7 cm³/mol. The van der Waals surface area contributed by atoms with Gasteiger partial charge in [0.15, 0.2) is 0 Å². The van der Waals surface area contributed by atoms with Crippen molar-refractivity contribution in [2.75, 3.05) is 45.8 Å². The smallest absolute Gasteiger partial charge is 0.0107 e. The van der Waals surface area contributed by atoms with Crippen molar-refractivity contribution in [1.29, 1.82) is 0 Å². The molecule has 0 aliphatic carbocycles. The van der Waals surface area contributed by atoms with Crippen LogP contribution in [-0.4, -0.2) is 50.7 Å². The Labute approximate surface area is 119 Å². The topological polar surface area (TPSA) is 27.3 Å². The monoisotopic (exact) mass is 267 g/mol. The Morgan fingerprint density at radius 3 is 2.79 bits per heavy atom. The molecular formula is C16H33N3. The fraction of sp³-hybridized carbons (Fsp3) is 0.875. The molecule has 3 heteroatoms. The maximum atomic E-state index is 3.55. The summed E-state index contributed by atoms with van der Waals surface area (Å²) < 4.78 is 0. The maximum Gasteiger partial charge on any atom is 0.0107 e. The highest BCUT2D eigenvalue weighted by atomic mass is 15.1. The van der Waals surface area contributed by atoms with Crippen LogP contribution in [0.4, 0.5) is 0 Å². The van der Waals surface area contributed by atoms with E-state index in [9.17, 15) is 0 Å². The molecule has 0 saturated heterocycles. The first-order chi connectivity index (χ1) is 9.43. The van der Waals surface area contributed by atoms with Crippen molar-refractivity contribution < 1.29 is 0 Å². The van der Waals surface area contributed by atoms with Crippen molar-refractivity contribution in [3.8, 4) is 0 Å². The summed E-state index contributed by atoms with van der Waals surface area (Å²) in [7, 11) is 0. The van der Waals surface area contributed by atoms with Crippen molar-refractivity contribution >= 4 is 0 Å². The van der Waals surface area contributed by atoms with E-state index in [1.54, 1.807) is 0 Å². The Morgan fingerprint density at radius 2 is 1.89 bits per heavy atom. The van der Waals surface area contributed by atoms with Crippen molar-refractivity contribution in [2.45, 2.75) is 45.4 Å². The van der Waals surface area contributed by atoms with Gasteiger partial charge in [-0.05, 0) is 64.8 Å². The SMILES string of the molecule is CCCCNCCN1CCC/C=C/CCNCCC1. The molecular weight excluding hydrogens is 234 g/mol. The van der Waals surface area contributed by atoms with E-state index in [2.05, 4.69) is 34.6 Å². The van der Waals surface area contributed by atoms with Crippen molar-refractivity contribution in [2.24, 2.45) is 0 Å². The first kappa shape index (κ1) is 16.7. The van der Waals surface area contributed by atoms with Gasteiger partial charge in [0, 0.05) is 13.1 Å². The second kappa shape index (κ2) is 12.6. The Hall–Kier alpha value is -0.380. The first-order valence-electron chi connectivity index (χ1n) is 8.22. The molecule has 0 bridgehead atoms. The zero-order valence-electron chi connectivity index (χ0n) is 12.8. The lowest BCUT2D eigenvalue weighted by Gasteiger charge is -2.22. The third-order valence-corrected chi connectivity index (χ3v) is 3.64. The molecule has 0 spiro atoms. The minimum Gasteiger partial charge on any atom is -0.316 e. The molecule has 0 aromatic heterocycles. The lowest BCUT2D eigenvalue weighted by atomic mass is 10.2. The fourth-order valence-electron chi connectivity index (χ4n) is 2.41. The Morgan fingerprint density at radius 1 is 1.05 bits per heavy atom. The van der Waals surface area contributed by atoms with Crippen LogP contribution in [0.1, 0.15) is 45.4 Å². The summed E-state index contributed by atoms with van der Waals surface area (Å²) in [6, 6.07) is 0. The highest BCUT2D eigenvalue weighted by molar-refractivity contribution is 4.83. The summed E-state index contributed by atoms with van der Waals surface area (Å²) in [6.45, 7) is 10.6. The van der Waals surface area contributed by atoms with Gasteiger partial charge in [-0.15, -0.1) is 0 Å². The molecule has 19 heavy (non-hydrogen) atoms. The van der Waals surface area contributed by atoms with E-state index >= 15 is 0 Å². The standard InChI is InChI=1S/C16H33N3/c1-2-3-10-18-13-16-19-14-8-6-4-5-7-11-17-12-9-15-19/h4-5,17-18H,2-3,6-16H2,1H3/b5-4+. The van der Waals surface area contributed by atoms with Crippen LogP contribution in [0.3, 0.4) is 0 Å². The number of rotatable bonds is 6. The molecule has 0 saturated carbocycles. The number of hydrogen-bond acceptors (Lipinski definition) is 3. The van der Waals surface area contributed by atoms with Crippen LogP contribution in [0, 0.1) is 0 Å². The Bertz CT molecular complexity index is 216. The molecule has 1 heterocycles. The summed E-state index contributed by atoms with van der Waals surface area (Å²) in [5.41, 5.74) is 0. The van der Waals surface area contributed by atoms with E-state index in [1.807, 2.05) is 0 Å². The van der Waals surface area contributed by atoms with Gasteiger partial charge in [-0.3, -0.25) is 0 Å². The molecule has 0 aromatic rings. The van der Waals surface area contributed by atoms with E-state index < -0.39 is 0 Å². The summed E-state index contributed by atoms with van der Waals surface area (Å²) >= 11 is 0. The minimum atomic E-state index is 1.13. The van der Waals surface area contributed by atoms with E-state index in [0.29, 0.717) is 0 Å².